The molecular weight excluding hydrogens is 378 g/mol. The summed E-state index contributed by atoms with van der Waals surface area (Å²) in [5.74, 6) is -0.582. The van der Waals surface area contributed by atoms with Gasteiger partial charge in [0.1, 0.15) is 12.7 Å². The van der Waals surface area contributed by atoms with Crippen LogP contribution in [0, 0.1) is 0 Å². The topological polar surface area (TPSA) is 119 Å². The largest absolute Gasteiger partial charge is 0.442 e. The lowest BCUT2D eigenvalue weighted by molar-refractivity contribution is -0.136. The highest BCUT2D eigenvalue weighted by atomic mass is 16.6. The fourth-order valence-corrected chi connectivity index (χ4v) is 3.55. The zero-order valence-corrected chi connectivity index (χ0v) is 16.2. The van der Waals surface area contributed by atoms with Crippen LogP contribution in [-0.4, -0.2) is 78.0 Å². The summed E-state index contributed by atoms with van der Waals surface area (Å²) >= 11 is 0. The molecule has 1 fully saturated rings. The van der Waals surface area contributed by atoms with Gasteiger partial charge in [0, 0.05) is 19.2 Å². The molecule has 1 unspecified atom stereocenters. The van der Waals surface area contributed by atoms with E-state index in [1.165, 1.54) is 16.7 Å². The first-order valence-corrected chi connectivity index (χ1v) is 9.46. The number of rotatable bonds is 6. The summed E-state index contributed by atoms with van der Waals surface area (Å²) in [6, 6.07) is 7.02. The molecule has 2 heterocycles. The summed E-state index contributed by atoms with van der Waals surface area (Å²) in [4.78, 5) is 37.9. The maximum absolute atomic E-state index is 12.1. The smallest absolute Gasteiger partial charge is 0.414 e. The lowest BCUT2D eigenvalue weighted by Crippen LogP contribution is -2.46. The molecule has 0 aromatic heterocycles. The normalized spacial score (nSPS) is 21.6. The number of aliphatic hydroxyl groups excluding tert-OH is 2. The Labute approximate surface area is 168 Å². The number of nitrogens with zero attached hydrogens (tertiary/aromatic N) is 2. The van der Waals surface area contributed by atoms with Crippen LogP contribution in [-0.2, 0) is 14.3 Å². The average molecular weight is 403 g/mol. The van der Waals surface area contributed by atoms with Crippen molar-refractivity contribution in [3.05, 3.63) is 35.9 Å². The second kappa shape index (κ2) is 9.06. The van der Waals surface area contributed by atoms with E-state index in [1.54, 1.807) is 0 Å². The number of benzene rings is 1. The molecule has 0 saturated carbocycles. The molecule has 3 amide bonds. The van der Waals surface area contributed by atoms with Gasteiger partial charge in [-0.25, -0.2) is 4.79 Å². The fourth-order valence-electron chi connectivity index (χ4n) is 3.55. The van der Waals surface area contributed by atoms with Gasteiger partial charge in [-0.3, -0.25) is 14.5 Å². The summed E-state index contributed by atoms with van der Waals surface area (Å²) in [7, 11) is 0. The number of nitrogens with one attached hydrogen (secondary N) is 1. The number of amides is 3. The van der Waals surface area contributed by atoms with E-state index in [1.807, 2.05) is 30.3 Å². The molecule has 0 radical (unpaired) electrons. The van der Waals surface area contributed by atoms with Crippen molar-refractivity contribution in [2.45, 2.75) is 25.5 Å². The van der Waals surface area contributed by atoms with Crippen LogP contribution in [0.25, 0.3) is 5.57 Å². The summed E-state index contributed by atoms with van der Waals surface area (Å²) in [5.41, 5.74) is 2.62. The van der Waals surface area contributed by atoms with Crippen molar-refractivity contribution in [2.75, 3.05) is 37.7 Å². The molecule has 1 saturated heterocycles. The molecule has 0 bridgehead atoms. The molecule has 9 nitrogen and oxygen atoms in total. The SMILES string of the molecule is CC(=O)NC[C@H]1CN(c2ccc(C3=CCN(C(=O)CO)C(CO)C3)cc2)C(=O)O1. The molecule has 0 spiro atoms. The van der Waals surface area contributed by atoms with Crippen molar-refractivity contribution in [1.29, 1.82) is 0 Å². The molecule has 3 rings (SSSR count). The molecule has 3 N–H and O–H groups in total. The summed E-state index contributed by atoms with van der Waals surface area (Å²) in [5, 5.41) is 21.3. The molecule has 9 heteroatoms. The highest BCUT2D eigenvalue weighted by Crippen LogP contribution is 2.29. The van der Waals surface area contributed by atoms with Crippen molar-refractivity contribution >= 4 is 29.2 Å². The minimum Gasteiger partial charge on any atom is -0.442 e. The number of carbonyl (C=O) groups is 3. The summed E-state index contributed by atoms with van der Waals surface area (Å²) in [6.45, 7) is 1.60. The Morgan fingerprint density at radius 2 is 1.97 bits per heavy atom. The van der Waals surface area contributed by atoms with Crippen molar-refractivity contribution in [2.24, 2.45) is 0 Å². The molecule has 2 aliphatic rings. The molecule has 0 aliphatic carbocycles. The van der Waals surface area contributed by atoms with E-state index in [4.69, 9.17) is 9.84 Å². The third kappa shape index (κ3) is 4.75. The lowest BCUT2D eigenvalue weighted by atomic mass is 9.94. The van der Waals surface area contributed by atoms with E-state index < -0.39 is 24.7 Å². The second-order valence-corrected chi connectivity index (χ2v) is 7.07. The van der Waals surface area contributed by atoms with Crippen LogP contribution in [0.2, 0.25) is 0 Å². The Kier molecular flexibility index (Phi) is 6.50. The Hall–Kier alpha value is -2.91. The maximum Gasteiger partial charge on any atom is 0.414 e. The van der Waals surface area contributed by atoms with Crippen LogP contribution in [0.3, 0.4) is 0 Å². The number of ether oxygens (including phenoxy) is 1. The predicted octanol–water partition coefficient (Wildman–Crippen LogP) is 0.117. The Bertz CT molecular complexity index is 807. The molecular formula is C20H25N3O6. The number of aliphatic hydroxyl groups is 2. The highest BCUT2D eigenvalue weighted by molar-refractivity contribution is 5.90. The van der Waals surface area contributed by atoms with Gasteiger partial charge in [-0.2, -0.15) is 0 Å². The Morgan fingerprint density at radius 1 is 1.24 bits per heavy atom. The van der Waals surface area contributed by atoms with Gasteiger partial charge in [-0.05, 0) is 29.7 Å². The van der Waals surface area contributed by atoms with Gasteiger partial charge < -0.3 is 25.2 Å². The first-order valence-electron chi connectivity index (χ1n) is 9.46. The number of hydrogen-bond acceptors (Lipinski definition) is 6. The number of anilines is 1. The molecule has 156 valence electrons. The van der Waals surface area contributed by atoms with Crippen molar-refractivity contribution < 1.29 is 29.3 Å². The van der Waals surface area contributed by atoms with Crippen LogP contribution < -0.4 is 10.2 Å². The second-order valence-electron chi connectivity index (χ2n) is 7.07. The predicted molar refractivity (Wildman–Crippen MR) is 105 cm³/mol. The third-order valence-corrected chi connectivity index (χ3v) is 5.10. The van der Waals surface area contributed by atoms with E-state index >= 15 is 0 Å². The van der Waals surface area contributed by atoms with Crippen LogP contribution >= 0.6 is 0 Å². The van der Waals surface area contributed by atoms with Gasteiger partial charge in [-0.1, -0.05) is 18.2 Å². The maximum atomic E-state index is 12.1. The molecule has 2 atom stereocenters. The van der Waals surface area contributed by atoms with Crippen LogP contribution in [0.4, 0.5) is 10.5 Å². The van der Waals surface area contributed by atoms with E-state index in [-0.39, 0.29) is 25.1 Å². The number of hydrogen-bond donors (Lipinski definition) is 3. The minimum atomic E-state index is -0.580. The summed E-state index contributed by atoms with van der Waals surface area (Å²) < 4.78 is 5.27. The van der Waals surface area contributed by atoms with E-state index in [0.717, 1.165) is 11.1 Å². The molecule has 1 aromatic rings. The Morgan fingerprint density at radius 3 is 2.59 bits per heavy atom. The molecule has 29 heavy (non-hydrogen) atoms. The van der Waals surface area contributed by atoms with Crippen LogP contribution in [0.1, 0.15) is 18.9 Å². The van der Waals surface area contributed by atoms with Crippen LogP contribution in [0.5, 0.6) is 0 Å². The quantitative estimate of drug-likeness (QED) is 0.621. The average Bonchev–Trinajstić information content (AvgIpc) is 3.11. The minimum absolute atomic E-state index is 0.176. The number of cyclic esters (lactones) is 1. The van der Waals surface area contributed by atoms with E-state index in [9.17, 15) is 19.5 Å². The standard InChI is InChI=1S/C20H25N3O6/c1-13(26)21-9-18-10-23(20(28)29-18)16-4-2-14(3-5-16)15-6-7-22(19(27)12-25)17(8-15)11-24/h2-6,17-18,24-25H,7-12H2,1H3,(H,21,26)/t17?,18-/m0/s1. The van der Waals surface area contributed by atoms with Gasteiger partial charge in [-0.15, -0.1) is 0 Å². The fraction of sp³-hybridized carbons (Fsp3) is 0.450. The molecule has 1 aromatic carbocycles. The van der Waals surface area contributed by atoms with Crippen molar-refractivity contribution in [1.82, 2.24) is 10.2 Å². The zero-order chi connectivity index (χ0) is 21.0. The van der Waals surface area contributed by atoms with Gasteiger partial charge in [0.05, 0.1) is 25.7 Å². The highest BCUT2D eigenvalue weighted by Gasteiger charge is 2.32. The lowest BCUT2D eigenvalue weighted by Gasteiger charge is -2.34. The van der Waals surface area contributed by atoms with Crippen molar-refractivity contribution in [3.63, 3.8) is 0 Å². The van der Waals surface area contributed by atoms with Gasteiger partial charge in [0.15, 0.2) is 0 Å². The van der Waals surface area contributed by atoms with Gasteiger partial charge >= 0.3 is 6.09 Å². The zero-order valence-electron chi connectivity index (χ0n) is 16.2. The first kappa shape index (κ1) is 20.8. The van der Waals surface area contributed by atoms with E-state index in [2.05, 4.69) is 5.32 Å². The number of carbonyl (C=O) groups excluding carboxylic acids is 3. The van der Waals surface area contributed by atoms with Gasteiger partial charge in [0.2, 0.25) is 11.8 Å². The van der Waals surface area contributed by atoms with E-state index in [0.29, 0.717) is 25.2 Å². The Balaban J connectivity index is 1.67. The monoisotopic (exact) mass is 403 g/mol. The first-order chi connectivity index (χ1) is 13.9. The van der Waals surface area contributed by atoms with Crippen molar-refractivity contribution in [3.8, 4) is 0 Å². The summed E-state index contributed by atoms with van der Waals surface area (Å²) in [6.07, 6.45) is 1.53. The third-order valence-electron chi connectivity index (χ3n) is 5.10. The molecule has 2 aliphatic heterocycles. The van der Waals surface area contributed by atoms with Crippen LogP contribution in [0.15, 0.2) is 30.3 Å². The van der Waals surface area contributed by atoms with Gasteiger partial charge in [0.25, 0.3) is 0 Å².